The van der Waals surface area contributed by atoms with E-state index in [9.17, 15) is 9.59 Å². The number of hydrogen-bond donors (Lipinski definition) is 0. The van der Waals surface area contributed by atoms with E-state index in [-0.39, 0.29) is 17.9 Å². The molecule has 1 aliphatic rings. The Morgan fingerprint density at radius 1 is 1.26 bits per heavy atom. The van der Waals surface area contributed by atoms with Crippen molar-refractivity contribution in [2.45, 2.75) is 51.5 Å². The van der Waals surface area contributed by atoms with Crippen LogP contribution in [-0.2, 0) is 12.8 Å². The fourth-order valence-electron chi connectivity index (χ4n) is 4.32. The van der Waals surface area contributed by atoms with Gasteiger partial charge in [0.15, 0.2) is 5.69 Å². The molecule has 0 aliphatic carbocycles. The molecule has 0 spiro atoms. The summed E-state index contributed by atoms with van der Waals surface area (Å²) >= 11 is 1.54. The molecule has 6 nitrogen and oxygen atoms in total. The lowest BCUT2D eigenvalue weighted by Crippen LogP contribution is -2.45. The van der Waals surface area contributed by atoms with Gasteiger partial charge in [-0.2, -0.15) is 0 Å². The van der Waals surface area contributed by atoms with Gasteiger partial charge >= 0.3 is 0 Å². The van der Waals surface area contributed by atoms with Gasteiger partial charge in [-0.15, -0.1) is 11.3 Å². The number of piperidine rings is 1. The number of benzene rings is 1. The van der Waals surface area contributed by atoms with Crippen LogP contribution >= 0.6 is 11.3 Å². The van der Waals surface area contributed by atoms with Crippen LogP contribution in [0.15, 0.2) is 34.9 Å². The molecule has 0 radical (unpaired) electrons. The lowest BCUT2D eigenvalue weighted by molar-refractivity contribution is 0.0603. The predicted octanol–water partition coefficient (Wildman–Crippen LogP) is 4.78. The number of amides is 2. The summed E-state index contributed by atoms with van der Waals surface area (Å²) in [6.45, 7) is 2.78. The summed E-state index contributed by atoms with van der Waals surface area (Å²) in [7, 11) is 3.57. The van der Waals surface area contributed by atoms with Gasteiger partial charge in [-0.25, -0.2) is 0 Å². The molecule has 1 atom stereocenters. The zero-order valence-electron chi connectivity index (χ0n) is 18.4. The summed E-state index contributed by atoms with van der Waals surface area (Å²) < 4.78 is 6.46. The molecule has 0 unspecified atom stereocenters. The van der Waals surface area contributed by atoms with E-state index in [1.807, 2.05) is 17.0 Å². The van der Waals surface area contributed by atoms with Gasteiger partial charge in [0.05, 0.1) is 4.88 Å². The van der Waals surface area contributed by atoms with E-state index in [0.717, 1.165) is 58.4 Å². The lowest BCUT2D eigenvalue weighted by Gasteiger charge is -2.35. The number of fused-ring (bicyclic) bond motifs is 1. The normalized spacial score (nSPS) is 16.6. The SMILES string of the molecule is CCCc1cc(C(=O)N2CCCC[C@@H]2Cc2c(C(=O)N(C)C)sc3ccccc23)no1. The van der Waals surface area contributed by atoms with Crippen molar-refractivity contribution in [2.24, 2.45) is 0 Å². The molecule has 1 aliphatic heterocycles. The summed E-state index contributed by atoms with van der Waals surface area (Å²) in [5.74, 6) is 0.698. The third-order valence-corrected chi connectivity index (χ3v) is 7.10. The second kappa shape index (κ2) is 9.22. The highest BCUT2D eigenvalue weighted by atomic mass is 32.1. The van der Waals surface area contributed by atoms with Gasteiger partial charge in [0, 0.05) is 43.9 Å². The molecule has 0 N–H and O–H groups in total. The molecule has 3 aromatic rings. The molecule has 1 saturated heterocycles. The van der Waals surface area contributed by atoms with E-state index in [1.54, 1.807) is 36.4 Å². The number of aromatic nitrogens is 1. The third kappa shape index (κ3) is 4.37. The fourth-order valence-corrected chi connectivity index (χ4v) is 5.57. The maximum absolute atomic E-state index is 13.3. The molecule has 7 heteroatoms. The van der Waals surface area contributed by atoms with Crippen LogP contribution in [0.3, 0.4) is 0 Å². The highest BCUT2D eigenvalue weighted by molar-refractivity contribution is 7.21. The van der Waals surface area contributed by atoms with E-state index in [1.165, 1.54) is 0 Å². The standard InChI is InChI=1S/C24H29N3O3S/c1-4-9-17-15-20(25-30-17)23(28)27-13-8-7-10-16(27)14-19-18-11-5-6-12-21(18)31-22(19)24(29)26(2)3/h5-6,11-12,15-16H,4,7-10,13-14H2,1-3H3/t16-/m1/s1. The second-order valence-electron chi connectivity index (χ2n) is 8.39. The quantitative estimate of drug-likeness (QED) is 0.554. The Morgan fingerprint density at radius 3 is 2.84 bits per heavy atom. The lowest BCUT2D eigenvalue weighted by atomic mass is 9.93. The number of thiophene rings is 1. The van der Waals surface area contributed by atoms with Crippen LogP contribution < -0.4 is 0 Å². The van der Waals surface area contributed by atoms with Gasteiger partial charge in [-0.05, 0) is 49.1 Å². The van der Waals surface area contributed by atoms with Crippen molar-refractivity contribution < 1.29 is 14.1 Å². The summed E-state index contributed by atoms with van der Waals surface area (Å²) in [6, 6.07) is 9.97. The van der Waals surface area contributed by atoms with Gasteiger partial charge in [0.1, 0.15) is 5.76 Å². The van der Waals surface area contributed by atoms with Gasteiger partial charge in [-0.1, -0.05) is 30.3 Å². The molecule has 3 heterocycles. The number of carbonyl (C=O) groups excluding carboxylic acids is 2. The van der Waals surface area contributed by atoms with Crippen LogP contribution in [0.2, 0.25) is 0 Å². The van der Waals surface area contributed by atoms with E-state index in [2.05, 4.69) is 24.2 Å². The first-order valence-electron chi connectivity index (χ1n) is 11.0. The molecule has 31 heavy (non-hydrogen) atoms. The molecule has 1 aromatic carbocycles. The highest BCUT2D eigenvalue weighted by Gasteiger charge is 2.31. The Hall–Kier alpha value is -2.67. The largest absolute Gasteiger partial charge is 0.361 e. The van der Waals surface area contributed by atoms with Crippen LogP contribution in [0.25, 0.3) is 10.1 Å². The van der Waals surface area contributed by atoms with Crippen LogP contribution in [0, 0.1) is 0 Å². The number of carbonyl (C=O) groups is 2. The topological polar surface area (TPSA) is 66.7 Å². The Balaban J connectivity index is 1.65. The Bertz CT molecular complexity index is 1080. The van der Waals surface area contributed by atoms with Crippen molar-refractivity contribution >= 4 is 33.2 Å². The molecular weight excluding hydrogens is 410 g/mol. The van der Waals surface area contributed by atoms with E-state index < -0.39 is 0 Å². The monoisotopic (exact) mass is 439 g/mol. The van der Waals surface area contributed by atoms with Crippen LogP contribution in [0.4, 0.5) is 0 Å². The van der Waals surface area contributed by atoms with Crippen molar-refractivity contribution in [3.63, 3.8) is 0 Å². The first-order chi connectivity index (χ1) is 15.0. The highest BCUT2D eigenvalue weighted by Crippen LogP contribution is 2.35. The zero-order valence-corrected chi connectivity index (χ0v) is 19.2. The van der Waals surface area contributed by atoms with Crippen LogP contribution in [0.5, 0.6) is 0 Å². The molecule has 0 bridgehead atoms. The number of likely N-dealkylation sites (tertiary alicyclic amines) is 1. The number of hydrogen-bond acceptors (Lipinski definition) is 5. The van der Waals surface area contributed by atoms with Crippen molar-refractivity contribution in [1.82, 2.24) is 15.0 Å². The van der Waals surface area contributed by atoms with E-state index >= 15 is 0 Å². The third-order valence-electron chi connectivity index (χ3n) is 5.90. The Morgan fingerprint density at radius 2 is 2.06 bits per heavy atom. The molecule has 164 valence electrons. The van der Waals surface area contributed by atoms with Crippen LogP contribution in [-0.4, -0.2) is 53.5 Å². The molecular formula is C24H29N3O3S. The number of aryl methyl sites for hydroxylation is 1. The summed E-state index contributed by atoms with van der Waals surface area (Å²) in [5.41, 5.74) is 1.44. The fraction of sp³-hybridized carbons (Fsp3) is 0.458. The van der Waals surface area contributed by atoms with Gasteiger partial charge < -0.3 is 14.3 Å². The maximum Gasteiger partial charge on any atom is 0.276 e. The summed E-state index contributed by atoms with van der Waals surface area (Å²) in [4.78, 5) is 30.5. The average molecular weight is 440 g/mol. The molecule has 4 rings (SSSR count). The second-order valence-corrected chi connectivity index (χ2v) is 9.44. The van der Waals surface area contributed by atoms with Crippen molar-refractivity contribution in [2.75, 3.05) is 20.6 Å². The summed E-state index contributed by atoms with van der Waals surface area (Å²) in [6.07, 6.45) is 5.38. The van der Waals surface area contributed by atoms with Crippen LogP contribution in [0.1, 0.15) is 64.1 Å². The minimum atomic E-state index is -0.0733. The van der Waals surface area contributed by atoms with Crippen molar-refractivity contribution in [3.05, 3.63) is 52.2 Å². The minimum absolute atomic E-state index is 0.0191. The van der Waals surface area contributed by atoms with E-state index in [0.29, 0.717) is 18.7 Å². The smallest absolute Gasteiger partial charge is 0.276 e. The van der Waals surface area contributed by atoms with Crippen molar-refractivity contribution in [3.8, 4) is 0 Å². The summed E-state index contributed by atoms with van der Waals surface area (Å²) in [5, 5.41) is 5.15. The molecule has 1 fully saturated rings. The Kier molecular flexibility index (Phi) is 6.41. The Labute approximate surface area is 186 Å². The maximum atomic E-state index is 13.3. The molecule has 2 aromatic heterocycles. The number of nitrogens with zero attached hydrogens (tertiary/aromatic N) is 3. The zero-order chi connectivity index (χ0) is 22.0. The molecule has 2 amide bonds. The predicted molar refractivity (Wildman–Crippen MR) is 123 cm³/mol. The minimum Gasteiger partial charge on any atom is -0.361 e. The van der Waals surface area contributed by atoms with Gasteiger partial charge in [-0.3, -0.25) is 9.59 Å². The number of rotatable bonds is 6. The van der Waals surface area contributed by atoms with Gasteiger partial charge in [0.25, 0.3) is 11.8 Å². The average Bonchev–Trinajstić information content (AvgIpc) is 3.38. The first-order valence-corrected chi connectivity index (χ1v) is 11.8. The van der Waals surface area contributed by atoms with Crippen molar-refractivity contribution in [1.29, 1.82) is 0 Å². The molecule has 0 saturated carbocycles. The van der Waals surface area contributed by atoms with E-state index in [4.69, 9.17) is 4.52 Å². The first kappa shape index (κ1) is 21.6. The van der Waals surface area contributed by atoms with Gasteiger partial charge in [0.2, 0.25) is 0 Å².